The fourth-order valence-electron chi connectivity index (χ4n) is 4.45. The van der Waals surface area contributed by atoms with Crippen LogP contribution in [-0.2, 0) is 21.4 Å². The molecule has 4 rings (SSSR count). The average Bonchev–Trinajstić information content (AvgIpc) is 3.31. The van der Waals surface area contributed by atoms with E-state index in [1.165, 1.54) is 15.4 Å². The molecule has 0 radical (unpaired) electrons. The Balaban J connectivity index is 1.29. The van der Waals surface area contributed by atoms with Crippen molar-refractivity contribution in [3.63, 3.8) is 0 Å². The maximum absolute atomic E-state index is 12.7. The number of aryl methyl sites for hydroxylation is 1. The Morgan fingerprint density at radius 2 is 1.68 bits per heavy atom. The van der Waals surface area contributed by atoms with Gasteiger partial charge in [0.15, 0.2) is 0 Å². The van der Waals surface area contributed by atoms with E-state index in [0.717, 1.165) is 45.3 Å². The predicted octanol–water partition coefficient (Wildman–Crippen LogP) is 3.63. The molecular weight excluding hydrogens is 410 g/mol. The lowest BCUT2D eigenvalue weighted by Crippen LogP contribution is -2.37. The summed E-state index contributed by atoms with van der Waals surface area (Å²) in [5, 5.41) is 2.97. The lowest BCUT2D eigenvalue weighted by molar-refractivity contribution is -0.121. The van der Waals surface area contributed by atoms with Crippen molar-refractivity contribution in [2.45, 2.75) is 44.0 Å². The van der Waals surface area contributed by atoms with Gasteiger partial charge in [0.1, 0.15) is 0 Å². The Bertz CT molecular complexity index is 1010. The van der Waals surface area contributed by atoms with Crippen LogP contribution in [0.4, 0.5) is 5.69 Å². The number of sulfonamides is 1. The van der Waals surface area contributed by atoms with Crippen LogP contribution in [0.2, 0.25) is 0 Å². The molecular formula is C24H31N3O3S. The van der Waals surface area contributed by atoms with E-state index in [2.05, 4.69) is 41.4 Å². The van der Waals surface area contributed by atoms with Gasteiger partial charge in [-0.15, -0.1) is 0 Å². The molecule has 7 heteroatoms. The first-order valence-corrected chi connectivity index (χ1v) is 12.5. The van der Waals surface area contributed by atoms with Crippen molar-refractivity contribution in [3.8, 4) is 0 Å². The summed E-state index contributed by atoms with van der Waals surface area (Å²) in [7, 11) is -3.42. The number of nitrogens with zero attached hydrogens (tertiary/aromatic N) is 2. The standard InChI is InChI=1S/C24H31N3O3S/c1-19-5-4-6-20(17-19)18-26-15-11-21(12-16-26)24(28)25-22-7-9-23(10-8-22)31(29,30)27-13-2-3-14-27/h4-10,17,21H,2-3,11-16,18H2,1H3,(H,25,28). The molecule has 0 atom stereocenters. The Morgan fingerprint density at radius 1 is 1.00 bits per heavy atom. The first-order chi connectivity index (χ1) is 14.9. The van der Waals surface area contributed by atoms with Crippen LogP contribution < -0.4 is 5.32 Å². The predicted molar refractivity (Wildman–Crippen MR) is 122 cm³/mol. The third kappa shape index (κ3) is 5.34. The number of carbonyl (C=O) groups is 1. The van der Waals surface area contributed by atoms with E-state index >= 15 is 0 Å². The molecule has 0 aliphatic carbocycles. The molecule has 0 saturated carbocycles. The quantitative estimate of drug-likeness (QED) is 0.743. The van der Waals surface area contributed by atoms with Crippen molar-refractivity contribution >= 4 is 21.6 Å². The molecule has 31 heavy (non-hydrogen) atoms. The number of amides is 1. The van der Waals surface area contributed by atoms with Gasteiger partial charge in [-0.2, -0.15) is 4.31 Å². The number of piperidine rings is 1. The molecule has 6 nitrogen and oxygen atoms in total. The van der Waals surface area contributed by atoms with Gasteiger partial charge < -0.3 is 5.32 Å². The fraction of sp³-hybridized carbons (Fsp3) is 0.458. The number of hydrogen-bond acceptors (Lipinski definition) is 4. The molecule has 2 heterocycles. The van der Waals surface area contributed by atoms with Crippen molar-refractivity contribution < 1.29 is 13.2 Å². The third-order valence-corrected chi connectivity index (χ3v) is 8.18. The maximum atomic E-state index is 12.7. The molecule has 2 fully saturated rings. The zero-order valence-electron chi connectivity index (χ0n) is 18.1. The number of nitrogens with one attached hydrogen (secondary N) is 1. The van der Waals surface area contributed by atoms with E-state index in [1.54, 1.807) is 24.3 Å². The Morgan fingerprint density at radius 3 is 2.32 bits per heavy atom. The molecule has 0 spiro atoms. The lowest BCUT2D eigenvalue weighted by atomic mass is 9.95. The van der Waals surface area contributed by atoms with Crippen molar-refractivity contribution in [2.24, 2.45) is 5.92 Å². The highest BCUT2D eigenvalue weighted by atomic mass is 32.2. The number of carbonyl (C=O) groups excluding carboxylic acids is 1. The smallest absolute Gasteiger partial charge is 0.243 e. The van der Waals surface area contributed by atoms with Crippen LogP contribution >= 0.6 is 0 Å². The second-order valence-corrected chi connectivity index (χ2v) is 10.6. The van der Waals surface area contributed by atoms with E-state index < -0.39 is 10.0 Å². The van der Waals surface area contributed by atoms with E-state index in [9.17, 15) is 13.2 Å². The van der Waals surface area contributed by atoms with Gasteiger partial charge in [-0.1, -0.05) is 29.8 Å². The van der Waals surface area contributed by atoms with Crippen LogP contribution in [0.1, 0.15) is 36.8 Å². The maximum Gasteiger partial charge on any atom is 0.243 e. The fourth-order valence-corrected chi connectivity index (χ4v) is 5.97. The molecule has 0 unspecified atom stereocenters. The molecule has 2 aromatic carbocycles. The highest BCUT2D eigenvalue weighted by molar-refractivity contribution is 7.89. The third-order valence-electron chi connectivity index (χ3n) is 6.27. The van der Waals surface area contributed by atoms with Gasteiger partial charge in [-0.3, -0.25) is 9.69 Å². The second kappa shape index (κ2) is 9.51. The monoisotopic (exact) mass is 441 g/mol. The van der Waals surface area contributed by atoms with Gasteiger partial charge in [0.05, 0.1) is 4.90 Å². The van der Waals surface area contributed by atoms with Crippen LogP contribution in [0.25, 0.3) is 0 Å². The lowest BCUT2D eigenvalue weighted by Gasteiger charge is -2.31. The van der Waals surface area contributed by atoms with E-state index in [-0.39, 0.29) is 16.7 Å². The number of likely N-dealkylation sites (tertiary alicyclic amines) is 1. The first-order valence-electron chi connectivity index (χ1n) is 11.1. The van der Waals surface area contributed by atoms with Crippen molar-refractivity contribution in [1.82, 2.24) is 9.21 Å². The summed E-state index contributed by atoms with van der Waals surface area (Å²) in [4.78, 5) is 15.4. The number of benzene rings is 2. The molecule has 2 aliphatic rings. The van der Waals surface area contributed by atoms with Crippen LogP contribution in [0, 0.1) is 12.8 Å². The van der Waals surface area contributed by atoms with Crippen LogP contribution in [-0.4, -0.2) is 49.7 Å². The van der Waals surface area contributed by atoms with Crippen molar-refractivity contribution in [1.29, 1.82) is 0 Å². The molecule has 2 saturated heterocycles. The molecule has 1 N–H and O–H groups in total. The molecule has 0 bridgehead atoms. The molecule has 0 aromatic heterocycles. The van der Waals surface area contributed by atoms with E-state index in [0.29, 0.717) is 18.8 Å². The summed E-state index contributed by atoms with van der Waals surface area (Å²) in [6.45, 7) is 6.00. The van der Waals surface area contributed by atoms with Gasteiger partial charge in [0, 0.05) is 31.2 Å². The minimum atomic E-state index is -3.42. The van der Waals surface area contributed by atoms with Crippen molar-refractivity contribution in [3.05, 3.63) is 59.7 Å². The number of anilines is 1. The first kappa shape index (κ1) is 22.0. The second-order valence-electron chi connectivity index (χ2n) is 8.66. The Labute approximate surface area is 185 Å². The van der Waals surface area contributed by atoms with E-state index in [4.69, 9.17) is 0 Å². The highest BCUT2D eigenvalue weighted by Crippen LogP contribution is 2.24. The van der Waals surface area contributed by atoms with Gasteiger partial charge in [0.25, 0.3) is 0 Å². The van der Waals surface area contributed by atoms with Crippen LogP contribution in [0.3, 0.4) is 0 Å². The van der Waals surface area contributed by atoms with Crippen LogP contribution in [0.5, 0.6) is 0 Å². The van der Waals surface area contributed by atoms with Gasteiger partial charge in [-0.05, 0) is 75.5 Å². The summed E-state index contributed by atoms with van der Waals surface area (Å²) in [6.07, 6.45) is 3.49. The minimum Gasteiger partial charge on any atom is -0.326 e. The van der Waals surface area contributed by atoms with Gasteiger partial charge >= 0.3 is 0 Å². The zero-order valence-corrected chi connectivity index (χ0v) is 18.9. The molecule has 166 valence electrons. The topological polar surface area (TPSA) is 69.7 Å². The normalized spacial score (nSPS) is 18.9. The SMILES string of the molecule is Cc1cccc(CN2CCC(C(=O)Nc3ccc(S(=O)(=O)N4CCCC4)cc3)CC2)c1. The van der Waals surface area contributed by atoms with E-state index in [1.807, 2.05) is 0 Å². The summed E-state index contributed by atoms with van der Waals surface area (Å²) < 4.78 is 26.8. The highest BCUT2D eigenvalue weighted by Gasteiger charge is 2.28. The van der Waals surface area contributed by atoms with Crippen molar-refractivity contribution in [2.75, 3.05) is 31.5 Å². The molecule has 1 amide bonds. The Kier molecular flexibility index (Phi) is 6.74. The average molecular weight is 442 g/mol. The van der Waals surface area contributed by atoms with Crippen LogP contribution in [0.15, 0.2) is 53.4 Å². The van der Waals surface area contributed by atoms with Gasteiger partial charge in [-0.25, -0.2) is 8.42 Å². The number of hydrogen-bond donors (Lipinski definition) is 1. The minimum absolute atomic E-state index is 0.0123. The number of rotatable bonds is 6. The summed E-state index contributed by atoms with van der Waals surface area (Å²) in [5.74, 6) is 0.00660. The summed E-state index contributed by atoms with van der Waals surface area (Å²) in [5.41, 5.74) is 3.23. The molecule has 2 aliphatic heterocycles. The zero-order chi connectivity index (χ0) is 21.8. The Hall–Kier alpha value is -2.22. The van der Waals surface area contributed by atoms with Gasteiger partial charge in [0.2, 0.25) is 15.9 Å². The summed E-state index contributed by atoms with van der Waals surface area (Å²) in [6, 6.07) is 15.1. The summed E-state index contributed by atoms with van der Waals surface area (Å²) >= 11 is 0. The largest absolute Gasteiger partial charge is 0.326 e. The molecule has 2 aromatic rings.